The first-order valence-electron chi connectivity index (χ1n) is 10.3. The Labute approximate surface area is 185 Å². The fourth-order valence-corrected chi connectivity index (χ4v) is 4.37. The van der Waals surface area contributed by atoms with Gasteiger partial charge in [-0.3, -0.25) is 9.78 Å². The molecule has 3 N–H and O–H groups in total. The van der Waals surface area contributed by atoms with Gasteiger partial charge in [-0.1, -0.05) is 18.2 Å². The minimum atomic E-state index is -3.82. The fourth-order valence-electron chi connectivity index (χ4n) is 3.85. The van der Waals surface area contributed by atoms with Crippen molar-refractivity contribution in [3.63, 3.8) is 0 Å². The van der Waals surface area contributed by atoms with Crippen molar-refractivity contribution in [2.45, 2.75) is 43.6 Å². The number of benzene rings is 2. The molecule has 4 rings (SSSR count). The summed E-state index contributed by atoms with van der Waals surface area (Å²) in [6.45, 7) is 1.49. The summed E-state index contributed by atoms with van der Waals surface area (Å²) in [5.74, 6) is -1.09. The molecule has 0 saturated carbocycles. The molecule has 166 valence electrons. The zero-order chi connectivity index (χ0) is 22.9. The van der Waals surface area contributed by atoms with Gasteiger partial charge >= 0.3 is 5.97 Å². The standard InChI is InChI=1S/C23H23N3O5S/c1-14(22(27)25-15-10-12-16(13-11-15)32(24,29)30)31-23(28)21-17-6-2-4-8-19(17)26-20-9-5-3-7-18(20)21/h2,4,6,8,10-14H,3,5,7,9H2,1H3,(H,25,27)(H2,24,29,30). The van der Waals surface area contributed by atoms with Crippen molar-refractivity contribution in [3.05, 3.63) is 65.4 Å². The van der Waals surface area contributed by atoms with Crippen LogP contribution in [0.5, 0.6) is 0 Å². The largest absolute Gasteiger partial charge is 0.449 e. The quantitative estimate of drug-likeness (QED) is 0.572. The van der Waals surface area contributed by atoms with Gasteiger partial charge in [0, 0.05) is 16.8 Å². The number of nitrogens with one attached hydrogen (secondary N) is 1. The second-order valence-electron chi connectivity index (χ2n) is 7.74. The number of sulfonamides is 1. The van der Waals surface area contributed by atoms with Crippen molar-refractivity contribution in [2.24, 2.45) is 5.14 Å². The highest BCUT2D eigenvalue weighted by Gasteiger charge is 2.26. The summed E-state index contributed by atoms with van der Waals surface area (Å²) in [5, 5.41) is 8.40. The van der Waals surface area contributed by atoms with Crippen LogP contribution in [0.4, 0.5) is 5.69 Å². The van der Waals surface area contributed by atoms with Crippen LogP contribution in [0.2, 0.25) is 0 Å². The summed E-state index contributed by atoms with van der Waals surface area (Å²) in [5.41, 5.74) is 3.37. The molecule has 1 aliphatic carbocycles. The van der Waals surface area contributed by atoms with Crippen molar-refractivity contribution < 1.29 is 22.7 Å². The smallest absolute Gasteiger partial charge is 0.339 e. The molecule has 0 spiro atoms. The molecule has 1 aromatic heterocycles. The highest BCUT2D eigenvalue weighted by atomic mass is 32.2. The number of esters is 1. The van der Waals surface area contributed by atoms with Crippen molar-refractivity contribution >= 4 is 38.5 Å². The van der Waals surface area contributed by atoms with Gasteiger partial charge in [-0.2, -0.15) is 0 Å². The summed E-state index contributed by atoms with van der Waals surface area (Å²) < 4.78 is 28.2. The van der Waals surface area contributed by atoms with E-state index in [1.165, 1.54) is 31.2 Å². The molecule has 1 aliphatic rings. The maximum atomic E-state index is 13.1. The van der Waals surface area contributed by atoms with Crippen molar-refractivity contribution in [1.29, 1.82) is 0 Å². The Morgan fingerprint density at radius 1 is 1.06 bits per heavy atom. The normalized spacial score (nSPS) is 14.4. The van der Waals surface area contributed by atoms with Crippen LogP contribution in [0.3, 0.4) is 0 Å². The first-order chi connectivity index (χ1) is 15.2. The molecule has 1 atom stereocenters. The second-order valence-corrected chi connectivity index (χ2v) is 9.30. The molecule has 0 fully saturated rings. The molecule has 3 aromatic rings. The van der Waals surface area contributed by atoms with Gasteiger partial charge in [0.05, 0.1) is 16.0 Å². The lowest BCUT2D eigenvalue weighted by molar-refractivity contribution is -0.123. The number of primary sulfonamides is 1. The van der Waals surface area contributed by atoms with Crippen LogP contribution in [-0.2, 0) is 32.4 Å². The Hall–Kier alpha value is -3.30. The van der Waals surface area contributed by atoms with E-state index in [4.69, 9.17) is 14.9 Å². The number of carbonyl (C=O) groups excluding carboxylic acids is 2. The number of rotatable bonds is 5. The van der Waals surface area contributed by atoms with E-state index in [2.05, 4.69) is 5.32 Å². The number of hydrogen-bond donors (Lipinski definition) is 2. The maximum Gasteiger partial charge on any atom is 0.339 e. The monoisotopic (exact) mass is 453 g/mol. The molecule has 0 saturated heterocycles. The van der Waals surface area contributed by atoms with Crippen molar-refractivity contribution in [1.82, 2.24) is 4.98 Å². The summed E-state index contributed by atoms with van der Waals surface area (Å²) in [6.07, 6.45) is 2.49. The number of aromatic nitrogens is 1. The van der Waals surface area contributed by atoms with Gasteiger partial charge in [-0.05, 0) is 68.5 Å². The topological polar surface area (TPSA) is 128 Å². The van der Waals surface area contributed by atoms with Crippen LogP contribution in [0.15, 0.2) is 53.4 Å². The van der Waals surface area contributed by atoms with Crippen molar-refractivity contribution in [2.75, 3.05) is 5.32 Å². The summed E-state index contributed by atoms with van der Waals surface area (Å²) in [6, 6.07) is 12.8. The first-order valence-corrected chi connectivity index (χ1v) is 11.8. The lowest BCUT2D eigenvalue weighted by atomic mass is 9.90. The Balaban J connectivity index is 1.54. The Bertz CT molecular complexity index is 1300. The van der Waals surface area contributed by atoms with Crippen LogP contribution in [0.25, 0.3) is 10.9 Å². The lowest BCUT2D eigenvalue weighted by Gasteiger charge is -2.21. The minimum Gasteiger partial charge on any atom is -0.449 e. The Morgan fingerprint density at radius 3 is 2.47 bits per heavy atom. The van der Waals surface area contributed by atoms with E-state index in [9.17, 15) is 18.0 Å². The number of anilines is 1. The number of nitrogens with zero attached hydrogens (tertiary/aromatic N) is 1. The second kappa shape index (κ2) is 8.68. The van der Waals surface area contributed by atoms with Crippen LogP contribution >= 0.6 is 0 Å². The zero-order valence-electron chi connectivity index (χ0n) is 17.5. The van der Waals surface area contributed by atoms with E-state index >= 15 is 0 Å². The van der Waals surface area contributed by atoms with Gasteiger partial charge in [0.15, 0.2) is 6.10 Å². The molecule has 2 aromatic carbocycles. The van der Waals surface area contributed by atoms with Gasteiger partial charge in [-0.25, -0.2) is 18.4 Å². The van der Waals surface area contributed by atoms with Gasteiger partial charge in [-0.15, -0.1) is 0 Å². The minimum absolute atomic E-state index is 0.0654. The van der Waals surface area contributed by atoms with E-state index < -0.39 is 28.0 Å². The third-order valence-corrected chi connectivity index (χ3v) is 6.41. The molecule has 1 heterocycles. The van der Waals surface area contributed by atoms with E-state index in [-0.39, 0.29) is 4.90 Å². The summed E-state index contributed by atoms with van der Waals surface area (Å²) in [4.78, 5) is 30.4. The van der Waals surface area contributed by atoms with E-state index in [1.807, 2.05) is 24.3 Å². The van der Waals surface area contributed by atoms with Crippen molar-refractivity contribution in [3.8, 4) is 0 Å². The van der Waals surface area contributed by atoms with E-state index in [0.717, 1.165) is 42.5 Å². The third-order valence-electron chi connectivity index (χ3n) is 5.48. The number of aryl methyl sites for hydroxylation is 1. The molecule has 0 aliphatic heterocycles. The summed E-state index contributed by atoms with van der Waals surface area (Å²) >= 11 is 0. The highest BCUT2D eigenvalue weighted by Crippen LogP contribution is 2.30. The number of amides is 1. The number of fused-ring (bicyclic) bond motifs is 2. The van der Waals surface area contributed by atoms with Crippen LogP contribution < -0.4 is 10.5 Å². The molecule has 1 unspecified atom stereocenters. The molecule has 0 bridgehead atoms. The molecular formula is C23H23N3O5S. The zero-order valence-corrected chi connectivity index (χ0v) is 18.3. The van der Waals surface area contributed by atoms with Gasteiger partial charge in [0.2, 0.25) is 10.0 Å². The number of pyridine rings is 1. The molecule has 9 heteroatoms. The number of hydrogen-bond acceptors (Lipinski definition) is 6. The predicted octanol–water partition coefficient (Wildman–Crippen LogP) is 2.95. The number of nitrogens with two attached hydrogens (primary N) is 1. The first kappa shape index (κ1) is 21.9. The predicted molar refractivity (Wildman–Crippen MR) is 120 cm³/mol. The highest BCUT2D eigenvalue weighted by molar-refractivity contribution is 7.89. The molecule has 0 radical (unpaired) electrons. The number of carbonyl (C=O) groups is 2. The fraction of sp³-hybridized carbons (Fsp3) is 0.261. The lowest BCUT2D eigenvalue weighted by Crippen LogP contribution is -2.30. The molecule has 8 nitrogen and oxygen atoms in total. The Kier molecular flexibility index (Phi) is 5.94. The average Bonchev–Trinajstić information content (AvgIpc) is 2.77. The third kappa shape index (κ3) is 4.49. The van der Waals surface area contributed by atoms with E-state index in [1.54, 1.807) is 0 Å². The number of ether oxygens (including phenoxy) is 1. The molecule has 1 amide bonds. The molecule has 32 heavy (non-hydrogen) atoms. The van der Waals surface area contributed by atoms with Crippen LogP contribution in [-0.4, -0.2) is 31.4 Å². The van der Waals surface area contributed by atoms with Gasteiger partial charge in [0.25, 0.3) is 5.91 Å². The van der Waals surface area contributed by atoms with Gasteiger partial charge in [0.1, 0.15) is 0 Å². The SMILES string of the molecule is CC(OC(=O)c1c2c(nc3ccccc13)CCCC2)C(=O)Nc1ccc(S(N)(=O)=O)cc1. The van der Waals surface area contributed by atoms with Gasteiger partial charge < -0.3 is 10.1 Å². The molecular weight excluding hydrogens is 430 g/mol. The number of para-hydroxylation sites is 1. The van der Waals surface area contributed by atoms with E-state index in [0.29, 0.717) is 16.6 Å². The maximum absolute atomic E-state index is 13.1. The average molecular weight is 454 g/mol. The summed E-state index contributed by atoms with van der Waals surface area (Å²) in [7, 11) is -3.82. The van der Waals surface area contributed by atoms with Crippen LogP contribution in [0.1, 0.15) is 41.4 Å². The Morgan fingerprint density at radius 2 is 1.75 bits per heavy atom. The van der Waals surface area contributed by atoms with Crippen LogP contribution in [0, 0.1) is 0 Å².